The van der Waals surface area contributed by atoms with E-state index in [9.17, 15) is 0 Å². The summed E-state index contributed by atoms with van der Waals surface area (Å²) in [5.41, 5.74) is 39.0. The number of fused-ring (bicyclic) bond motifs is 19. The Morgan fingerprint density at radius 1 is 0.162 bits per heavy atom. The quantitative estimate of drug-likeness (QED) is 0.126. The maximum absolute atomic E-state index is 5.21. The van der Waals surface area contributed by atoms with Crippen molar-refractivity contribution in [1.29, 1.82) is 0 Å². The maximum Gasteiger partial charge on any atom is 0.164 e. The van der Waals surface area contributed by atoms with Gasteiger partial charge in [0.15, 0.2) is 17.5 Å². The van der Waals surface area contributed by atoms with Crippen LogP contribution >= 0.6 is 0 Å². The Bertz CT molecular complexity index is 9360. The molecule has 9 nitrogen and oxygen atoms in total. The largest absolute Gasteiger partial charge is 0.327 e. The molecule has 0 N–H and O–H groups in total. The van der Waals surface area contributed by atoms with Crippen LogP contribution in [0.4, 0.5) is 0 Å². The first-order chi connectivity index (χ1) is 67.2. The Balaban J connectivity index is 0.000000104. The van der Waals surface area contributed by atoms with E-state index in [1.54, 1.807) is 0 Å². The molecule has 0 amide bonds. The number of nitrogens with zero attached hydrogens (tertiary/aromatic N) is 9. The molecule has 29 rings (SSSR count). The van der Waals surface area contributed by atoms with Crippen LogP contribution in [0.15, 0.2) is 443 Å². The summed E-state index contributed by atoms with van der Waals surface area (Å²) in [6, 6.07) is 155. The van der Waals surface area contributed by atoms with E-state index in [0.29, 0.717) is 17.5 Å². The Morgan fingerprint density at radius 3 is 1.04 bits per heavy atom. The zero-order chi connectivity index (χ0) is 89.7. The van der Waals surface area contributed by atoms with Crippen molar-refractivity contribution in [2.24, 2.45) is 14.1 Å². The van der Waals surface area contributed by atoms with Gasteiger partial charge < -0.3 is 9.13 Å². The molecule has 26 aromatic rings. The molecule has 3 aliphatic carbocycles. The molecule has 0 aliphatic heterocycles. The average molecular weight is 1730 g/mol. The van der Waals surface area contributed by atoms with Gasteiger partial charge in [-0.3, -0.25) is 9.97 Å². The second kappa shape index (κ2) is 31.4. The Morgan fingerprint density at radius 2 is 0.500 bits per heavy atom. The zero-order valence-electron chi connectivity index (χ0n) is 74.2. The van der Waals surface area contributed by atoms with Crippen molar-refractivity contribution in [3.8, 4) is 179 Å². The number of hydrogen-bond donors (Lipinski definition) is 0. The van der Waals surface area contributed by atoms with Gasteiger partial charge in [-0.1, -0.05) is 322 Å². The lowest BCUT2D eigenvalue weighted by Crippen LogP contribution is -2.00. The van der Waals surface area contributed by atoms with E-state index < -0.39 is 0 Å². The average Bonchev–Trinajstić information content (AvgIpc) is 1.52. The number of hydrogen-bond acceptors (Lipinski definition) is 7. The summed E-state index contributed by atoms with van der Waals surface area (Å²) in [5.74, 6) is 3.95. The third-order valence-electron chi connectivity index (χ3n) is 28.2. The van der Waals surface area contributed by atoms with Crippen molar-refractivity contribution in [2.75, 3.05) is 0 Å². The molecular formula is C127H79N9. The molecule has 0 spiro atoms. The number of benzene rings is 21. The van der Waals surface area contributed by atoms with Gasteiger partial charge in [0, 0.05) is 65.1 Å². The summed E-state index contributed by atoms with van der Waals surface area (Å²) in [6.45, 7) is 0. The van der Waals surface area contributed by atoms with Crippen LogP contribution in [-0.4, -0.2) is 44.0 Å². The fourth-order valence-electron chi connectivity index (χ4n) is 21.8. The van der Waals surface area contributed by atoms with Crippen LogP contribution in [0, 0.1) is 0 Å². The highest BCUT2D eigenvalue weighted by atomic mass is 15.1. The summed E-state index contributed by atoms with van der Waals surface area (Å²) in [7, 11) is 4.19. The summed E-state index contributed by atoms with van der Waals surface area (Å²) in [6.07, 6.45) is 3.70. The molecule has 5 heterocycles. The molecule has 0 saturated heterocycles. The summed E-state index contributed by atoms with van der Waals surface area (Å²) in [4.78, 5) is 34.4. The predicted molar refractivity (Wildman–Crippen MR) is 565 cm³/mol. The van der Waals surface area contributed by atoms with Crippen LogP contribution in [0.5, 0.6) is 0 Å². The van der Waals surface area contributed by atoms with Crippen LogP contribution in [0.25, 0.3) is 288 Å². The molecule has 0 radical (unpaired) electrons. The lowest BCUT2D eigenvalue weighted by atomic mass is 9.89. The maximum atomic E-state index is 5.21. The monoisotopic (exact) mass is 1730 g/mol. The van der Waals surface area contributed by atoms with Gasteiger partial charge in [0.05, 0.1) is 33.1 Å². The minimum Gasteiger partial charge on any atom is -0.327 e. The summed E-state index contributed by atoms with van der Waals surface area (Å²) >= 11 is 0. The smallest absolute Gasteiger partial charge is 0.164 e. The first kappa shape index (κ1) is 77.9. The Hall–Kier alpha value is -18.1. The predicted octanol–water partition coefficient (Wildman–Crippen LogP) is 32.6. The number of pyridine rings is 2. The molecule has 0 fully saturated rings. The number of aryl methyl sites for hydroxylation is 2. The van der Waals surface area contributed by atoms with Crippen molar-refractivity contribution >= 4 is 109 Å². The fourth-order valence-corrected chi connectivity index (χ4v) is 21.8. The van der Waals surface area contributed by atoms with Crippen LogP contribution in [0.2, 0.25) is 0 Å². The van der Waals surface area contributed by atoms with Crippen LogP contribution in [0.1, 0.15) is 0 Å². The van der Waals surface area contributed by atoms with Gasteiger partial charge in [-0.05, 0) is 296 Å². The van der Waals surface area contributed by atoms with Crippen molar-refractivity contribution in [1.82, 2.24) is 44.0 Å². The van der Waals surface area contributed by atoms with Crippen molar-refractivity contribution in [3.63, 3.8) is 0 Å². The summed E-state index contributed by atoms with van der Waals surface area (Å²) < 4.78 is 4.37. The normalized spacial score (nSPS) is 11.9. The van der Waals surface area contributed by atoms with Gasteiger partial charge in [-0.15, -0.1) is 0 Å². The van der Waals surface area contributed by atoms with Crippen molar-refractivity contribution < 1.29 is 0 Å². The third-order valence-corrected chi connectivity index (χ3v) is 28.2. The van der Waals surface area contributed by atoms with Gasteiger partial charge in [-0.2, -0.15) is 0 Å². The molecule has 136 heavy (non-hydrogen) atoms. The van der Waals surface area contributed by atoms with Gasteiger partial charge in [-0.25, -0.2) is 24.9 Å². The van der Waals surface area contributed by atoms with E-state index >= 15 is 0 Å². The number of rotatable bonds is 10. The SMILES string of the molecule is Cn1c(-c2cccc(-c3ccc4c(c3)-c3ccc(-c5cccc(-c6nc7ccccc7n6C)c5)c5cccc-4c35)c2)nc2ccccc21.c1ccc(-c2nc(-c3ccc4c5ccccc5c5ccccc5c4c3)nc(-c3ccc4c5c(cccc35)-c3ccccc3-4)n2)cc1.c1ccc2c(c1)-c1cccc3c(-c4cc(-c5ccc6ncccc6c5)cc(-c5ccc6ncccc6c5)c4)ccc-2c13. The van der Waals surface area contributed by atoms with E-state index in [1.165, 1.54) is 182 Å². The van der Waals surface area contributed by atoms with Gasteiger partial charge in [0.2, 0.25) is 0 Å². The van der Waals surface area contributed by atoms with Crippen molar-refractivity contribution in [3.05, 3.63) is 443 Å². The number of para-hydroxylation sites is 4. The van der Waals surface area contributed by atoms with Crippen LogP contribution in [-0.2, 0) is 14.1 Å². The number of aromatic nitrogens is 9. The van der Waals surface area contributed by atoms with Gasteiger partial charge >= 0.3 is 0 Å². The lowest BCUT2D eigenvalue weighted by molar-refractivity contribution is 0.959. The molecule has 0 unspecified atom stereocenters. The molecule has 0 saturated carbocycles. The van der Waals surface area contributed by atoms with Crippen LogP contribution < -0.4 is 0 Å². The third kappa shape index (κ3) is 12.7. The molecule has 9 heteroatoms. The molecule has 0 atom stereocenters. The molecular weight excluding hydrogens is 1650 g/mol. The van der Waals surface area contributed by atoms with E-state index in [0.717, 1.165) is 88.7 Å². The molecule has 632 valence electrons. The molecule has 21 aromatic carbocycles. The molecule has 5 aromatic heterocycles. The highest BCUT2D eigenvalue weighted by Gasteiger charge is 2.29. The van der Waals surface area contributed by atoms with E-state index in [1.807, 2.05) is 54.9 Å². The first-order valence-electron chi connectivity index (χ1n) is 46.3. The van der Waals surface area contributed by atoms with Gasteiger partial charge in [0.25, 0.3) is 0 Å². The molecule has 0 bridgehead atoms. The highest BCUT2D eigenvalue weighted by Crippen LogP contribution is 2.55. The van der Waals surface area contributed by atoms with E-state index in [-0.39, 0.29) is 0 Å². The van der Waals surface area contributed by atoms with Crippen LogP contribution in [0.3, 0.4) is 0 Å². The minimum atomic E-state index is 0.662. The Kier molecular flexibility index (Phi) is 17.9. The second-order valence-corrected chi connectivity index (χ2v) is 35.8. The lowest BCUT2D eigenvalue weighted by Gasteiger charge is -2.15. The van der Waals surface area contributed by atoms with Gasteiger partial charge in [0.1, 0.15) is 11.6 Å². The molecule has 3 aliphatic rings. The Labute approximate surface area is 783 Å². The second-order valence-electron chi connectivity index (χ2n) is 35.8. The topological polar surface area (TPSA) is 100 Å². The summed E-state index contributed by atoms with van der Waals surface area (Å²) in [5, 5.41) is 17.3. The fraction of sp³-hybridized carbons (Fsp3) is 0.0157. The number of imidazole rings is 2. The van der Waals surface area contributed by atoms with Crippen molar-refractivity contribution in [2.45, 2.75) is 0 Å². The first-order valence-corrected chi connectivity index (χ1v) is 46.3. The van der Waals surface area contributed by atoms with E-state index in [2.05, 4.69) is 421 Å². The zero-order valence-corrected chi connectivity index (χ0v) is 74.2. The standard InChI is InChI=1S/C44H30N4.C43H25N3.C40H24N2/c1-47-40-18-5-3-16-38(40)45-43(47)30-12-7-10-27(24-30)28-20-21-33-35-15-9-14-34-32(22-23-36(42(34)35)37(33)26-28)29-11-8-13-31(25-29)44-46-39-17-4-6-19-41(39)48(44)2;1-2-11-26(12-3-1)41-44-42(27-21-22-34-30-15-5-4-13-28(30)29-14-6-9-18-33(29)39(34)25-27)46-43(45-41)38-24-23-37-32-17-8-7-16-31(32)35-19-10-20-36(38)40(35)37;1-2-9-34-33(8-1)36-11-3-10-35-32(14-15-37(34)40(35)36)31-23-29(25-12-16-38-27(20-25)6-4-18-41-38)22-30(24-31)26-13-17-39-28(21-26)7-5-19-42-39/h3-26H,1-2H3;1-25H;1-24H. The highest BCUT2D eigenvalue weighted by molar-refractivity contribution is 6.27. The minimum absolute atomic E-state index is 0.662. The van der Waals surface area contributed by atoms with E-state index in [4.69, 9.17) is 24.9 Å².